The summed E-state index contributed by atoms with van der Waals surface area (Å²) in [5.41, 5.74) is 3.77. The molecule has 1 aromatic carbocycles. The predicted octanol–water partition coefficient (Wildman–Crippen LogP) is 4.82. The number of methoxy groups -OCH3 is 1. The third kappa shape index (κ3) is 3.39. The number of para-hydroxylation sites is 1. The molecule has 0 fully saturated rings. The van der Waals surface area contributed by atoms with Gasteiger partial charge in [0.25, 0.3) is 0 Å². The van der Waals surface area contributed by atoms with Gasteiger partial charge in [0, 0.05) is 11.2 Å². The van der Waals surface area contributed by atoms with E-state index in [1.165, 1.54) is 23.9 Å². The van der Waals surface area contributed by atoms with Crippen LogP contribution in [0.4, 0.5) is 5.69 Å². The standard InChI is InChI=1S/C20H31NO2/c1-7-8-12-17(19(22)23-6)21-18-14(2)10-9-11-16(18)15(3)13-20(21,4)5/h9-11,15,17H,7-8,12-13H2,1-6H3/t15-,17-/m1/s1. The Balaban J connectivity index is 2.56. The Morgan fingerprint density at radius 3 is 2.74 bits per heavy atom. The molecular formula is C20H31NO2. The van der Waals surface area contributed by atoms with E-state index < -0.39 is 0 Å². The predicted molar refractivity (Wildman–Crippen MR) is 96.1 cm³/mol. The normalized spacial score (nSPS) is 20.8. The maximum atomic E-state index is 12.5. The van der Waals surface area contributed by atoms with Gasteiger partial charge in [-0.25, -0.2) is 4.79 Å². The molecule has 0 unspecified atom stereocenters. The highest BCUT2D eigenvalue weighted by Crippen LogP contribution is 2.46. The van der Waals surface area contributed by atoms with Crippen molar-refractivity contribution in [2.24, 2.45) is 0 Å². The van der Waals surface area contributed by atoms with Crippen molar-refractivity contribution in [1.82, 2.24) is 0 Å². The van der Waals surface area contributed by atoms with E-state index in [9.17, 15) is 4.79 Å². The topological polar surface area (TPSA) is 29.5 Å². The molecule has 1 heterocycles. The van der Waals surface area contributed by atoms with Gasteiger partial charge in [-0.2, -0.15) is 0 Å². The zero-order chi connectivity index (χ0) is 17.2. The highest BCUT2D eigenvalue weighted by molar-refractivity contribution is 5.82. The molecule has 128 valence electrons. The minimum absolute atomic E-state index is 0.0644. The molecule has 3 heteroatoms. The number of hydrogen-bond donors (Lipinski definition) is 0. The molecule has 0 saturated heterocycles. The lowest BCUT2D eigenvalue weighted by atomic mass is 9.77. The molecule has 1 aliphatic heterocycles. The molecule has 0 radical (unpaired) electrons. The fourth-order valence-corrected chi connectivity index (χ4v) is 4.13. The summed E-state index contributed by atoms with van der Waals surface area (Å²) in [5, 5.41) is 0. The molecule has 0 aromatic heterocycles. The first-order chi connectivity index (χ1) is 10.8. The van der Waals surface area contributed by atoms with Gasteiger partial charge in [-0.15, -0.1) is 0 Å². The Morgan fingerprint density at radius 1 is 1.43 bits per heavy atom. The lowest BCUT2D eigenvalue weighted by Crippen LogP contribution is -2.56. The van der Waals surface area contributed by atoms with E-state index in [1.807, 2.05) is 0 Å². The van der Waals surface area contributed by atoms with Gasteiger partial charge in [-0.1, -0.05) is 44.9 Å². The number of ether oxygens (including phenoxy) is 1. The lowest BCUT2D eigenvalue weighted by Gasteiger charge is -2.51. The summed E-state index contributed by atoms with van der Waals surface area (Å²) in [6.45, 7) is 11.1. The number of esters is 1. The number of hydrogen-bond acceptors (Lipinski definition) is 3. The van der Waals surface area contributed by atoms with E-state index in [1.54, 1.807) is 0 Å². The van der Waals surface area contributed by atoms with Crippen molar-refractivity contribution in [3.05, 3.63) is 29.3 Å². The van der Waals surface area contributed by atoms with Crippen LogP contribution in [0, 0.1) is 6.92 Å². The summed E-state index contributed by atoms with van der Waals surface area (Å²) in [5.74, 6) is 0.385. The van der Waals surface area contributed by atoms with Crippen LogP contribution in [0.1, 0.15) is 70.4 Å². The van der Waals surface area contributed by atoms with Crippen LogP contribution in [0.2, 0.25) is 0 Å². The molecule has 0 bridgehead atoms. The van der Waals surface area contributed by atoms with Crippen molar-refractivity contribution in [1.29, 1.82) is 0 Å². The first-order valence-electron chi connectivity index (χ1n) is 8.80. The maximum absolute atomic E-state index is 12.5. The Labute approximate surface area is 141 Å². The first kappa shape index (κ1) is 17.8. The van der Waals surface area contributed by atoms with Crippen molar-refractivity contribution in [3.8, 4) is 0 Å². The summed E-state index contributed by atoms with van der Waals surface area (Å²) in [6.07, 6.45) is 4.00. The van der Waals surface area contributed by atoms with Gasteiger partial charge in [0.15, 0.2) is 0 Å². The van der Waals surface area contributed by atoms with Crippen molar-refractivity contribution in [2.45, 2.75) is 77.8 Å². The Bertz CT molecular complexity index is 565. The first-order valence-corrected chi connectivity index (χ1v) is 8.80. The van der Waals surface area contributed by atoms with Crippen LogP contribution in [0.15, 0.2) is 18.2 Å². The van der Waals surface area contributed by atoms with Crippen LogP contribution >= 0.6 is 0 Å². The van der Waals surface area contributed by atoms with Crippen LogP contribution in [0.5, 0.6) is 0 Å². The fraction of sp³-hybridized carbons (Fsp3) is 0.650. The molecule has 3 nitrogen and oxygen atoms in total. The SMILES string of the molecule is CCCC[C@H](C(=O)OC)N1c2c(C)cccc2[C@H](C)CC1(C)C. The van der Waals surface area contributed by atoms with E-state index in [0.29, 0.717) is 5.92 Å². The van der Waals surface area contributed by atoms with Crippen molar-refractivity contribution < 1.29 is 9.53 Å². The lowest BCUT2D eigenvalue weighted by molar-refractivity contribution is -0.142. The minimum Gasteiger partial charge on any atom is -0.467 e. The number of nitrogens with zero attached hydrogens (tertiary/aromatic N) is 1. The summed E-state index contributed by atoms with van der Waals surface area (Å²) < 4.78 is 5.16. The van der Waals surface area contributed by atoms with Crippen LogP contribution in [0.3, 0.4) is 0 Å². The molecular weight excluding hydrogens is 286 g/mol. The fourth-order valence-electron chi connectivity index (χ4n) is 4.13. The summed E-state index contributed by atoms with van der Waals surface area (Å²) in [6, 6.07) is 6.28. The van der Waals surface area contributed by atoms with Crippen molar-refractivity contribution in [2.75, 3.05) is 12.0 Å². The number of benzene rings is 1. The minimum atomic E-state index is -0.206. The molecule has 1 aromatic rings. The largest absolute Gasteiger partial charge is 0.467 e. The summed E-state index contributed by atoms with van der Waals surface area (Å²) in [7, 11) is 1.50. The highest BCUT2D eigenvalue weighted by Gasteiger charge is 2.43. The third-order valence-electron chi connectivity index (χ3n) is 5.11. The second-order valence-electron chi connectivity index (χ2n) is 7.48. The average molecular weight is 317 g/mol. The molecule has 23 heavy (non-hydrogen) atoms. The molecule has 0 saturated carbocycles. The monoisotopic (exact) mass is 317 g/mol. The molecule has 2 rings (SSSR count). The summed E-state index contributed by atoms with van der Waals surface area (Å²) in [4.78, 5) is 14.9. The highest BCUT2D eigenvalue weighted by atomic mass is 16.5. The second-order valence-corrected chi connectivity index (χ2v) is 7.48. The van der Waals surface area contributed by atoms with E-state index in [0.717, 1.165) is 25.7 Å². The Hall–Kier alpha value is -1.51. The van der Waals surface area contributed by atoms with Gasteiger partial charge >= 0.3 is 5.97 Å². The van der Waals surface area contributed by atoms with Crippen LogP contribution in [-0.2, 0) is 9.53 Å². The Morgan fingerprint density at radius 2 is 2.13 bits per heavy atom. The molecule has 0 spiro atoms. The van der Waals surface area contributed by atoms with E-state index in [2.05, 4.69) is 57.7 Å². The molecule has 0 N–H and O–H groups in total. The number of anilines is 1. The van der Waals surface area contributed by atoms with Gasteiger partial charge in [-0.3, -0.25) is 0 Å². The van der Waals surface area contributed by atoms with Crippen LogP contribution in [-0.4, -0.2) is 24.7 Å². The number of unbranched alkanes of at least 4 members (excludes halogenated alkanes) is 1. The second kappa shape index (κ2) is 6.94. The number of fused-ring (bicyclic) bond motifs is 1. The number of aryl methyl sites for hydroxylation is 1. The Kier molecular flexibility index (Phi) is 5.38. The third-order valence-corrected chi connectivity index (χ3v) is 5.11. The maximum Gasteiger partial charge on any atom is 0.328 e. The molecule has 0 amide bonds. The zero-order valence-electron chi connectivity index (χ0n) is 15.5. The van der Waals surface area contributed by atoms with Gasteiger partial charge in [0.1, 0.15) is 6.04 Å². The number of carbonyl (C=O) groups excluding carboxylic acids is 1. The molecule has 0 aliphatic carbocycles. The van der Waals surface area contributed by atoms with E-state index in [-0.39, 0.29) is 17.6 Å². The number of carbonyl (C=O) groups is 1. The van der Waals surface area contributed by atoms with E-state index in [4.69, 9.17) is 4.74 Å². The zero-order valence-corrected chi connectivity index (χ0v) is 15.5. The quantitative estimate of drug-likeness (QED) is 0.729. The number of rotatable bonds is 5. The molecule has 2 atom stereocenters. The van der Waals surface area contributed by atoms with Crippen molar-refractivity contribution in [3.63, 3.8) is 0 Å². The summed E-state index contributed by atoms with van der Waals surface area (Å²) >= 11 is 0. The van der Waals surface area contributed by atoms with Crippen LogP contribution < -0.4 is 4.90 Å². The average Bonchev–Trinajstić information content (AvgIpc) is 2.49. The van der Waals surface area contributed by atoms with Gasteiger partial charge in [-0.05, 0) is 50.7 Å². The van der Waals surface area contributed by atoms with E-state index >= 15 is 0 Å². The van der Waals surface area contributed by atoms with Gasteiger partial charge in [0.05, 0.1) is 7.11 Å². The van der Waals surface area contributed by atoms with Crippen molar-refractivity contribution >= 4 is 11.7 Å². The smallest absolute Gasteiger partial charge is 0.328 e. The van der Waals surface area contributed by atoms with Gasteiger partial charge < -0.3 is 9.64 Å². The van der Waals surface area contributed by atoms with Crippen LogP contribution in [0.25, 0.3) is 0 Å². The van der Waals surface area contributed by atoms with Gasteiger partial charge in [0.2, 0.25) is 0 Å². The molecule has 1 aliphatic rings.